The standard InChI is InChI=1S/C13H19BrN2O2/c1-8-13(14)10(6-7-15-8)16-9-2-4-11(17)12(18)5-3-9/h6-7,9,11-12,17-18H,2-5H2,1H3,(H,15,16)/t9?,11-,12+. The molecular weight excluding hydrogens is 296 g/mol. The fourth-order valence-electron chi connectivity index (χ4n) is 2.30. The average molecular weight is 315 g/mol. The van der Waals surface area contributed by atoms with E-state index >= 15 is 0 Å². The molecule has 0 bridgehead atoms. The van der Waals surface area contributed by atoms with Gasteiger partial charge in [0.2, 0.25) is 0 Å². The molecule has 1 fully saturated rings. The lowest BCUT2D eigenvalue weighted by atomic mass is 10.1. The summed E-state index contributed by atoms with van der Waals surface area (Å²) in [4.78, 5) is 4.21. The van der Waals surface area contributed by atoms with Crippen molar-refractivity contribution in [2.45, 2.75) is 50.9 Å². The van der Waals surface area contributed by atoms with Crippen LogP contribution < -0.4 is 5.32 Å². The molecule has 5 heteroatoms. The van der Waals surface area contributed by atoms with Gasteiger partial charge in [-0.25, -0.2) is 0 Å². The molecule has 0 amide bonds. The summed E-state index contributed by atoms with van der Waals surface area (Å²) in [5.41, 5.74) is 1.98. The predicted molar refractivity (Wildman–Crippen MR) is 74.6 cm³/mol. The first-order chi connectivity index (χ1) is 8.58. The van der Waals surface area contributed by atoms with Crippen molar-refractivity contribution in [3.63, 3.8) is 0 Å². The Balaban J connectivity index is 2.03. The van der Waals surface area contributed by atoms with Gasteiger partial charge in [0.1, 0.15) is 0 Å². The minimum atomic E-state index is -0.584. The molecule has 18 heavy (non-hydrogen) atoms. The van der Waals surface area contributed by atoms with Gasteiger partial charge in [-0.3, -0.25) is 4.98 Å². The lowest BCUT2D eigenvalue weighted by Crippen LogP contribution is -2.23. The fraction of sp³-hybridized carbons (Fsp3) is 0.615. The second-order valence-electron chi connectivity index (χ2n) is 4.89. The molecule has 0 radical (unpaired) electrons. The summed E-state index contributed by atoms with van der Waals surface area (Å²) in [5, 5.41) is 22.7. The van der Waals surface area contributed by atoms with Gasteiger partial charge in [-0.05, 0) is 54.6 Å². The zero-order valence-corrected chi connectivity index (χ0v) is 12.0. The Kier molecular flexibility index (Phi) is 4.59. The second kappa shape index (κ2) is 5.99. The third-order valence-electron chi connectivity index (χ3n) is 3.49. The van der Waals surface area contributed by atoms with Crippen LogP contribution in [-0.2, 0) is 0 Å². The average Bonchev–Trinajstić information content (AvgIpc) is 2.50. The van der Waals surface area contributed by atoms with Crippen LogP contribution in [0.15, 0.2) is 16.7 Å². The molecule has 1 aliphatic rings. The summed E-state index contributed by atoms with van der Waals surface area (Å²) in [5.74, 6) is 0. The Hall–Kier alpha value is -0.650. The van der Waals surface area contributed by atoms with E-state index in [1.807, 2.05) is 13.0 Å². The molecule has 1 aromatic rings. The Morgan fingerprint density at radius 1 is 1.22 bits per heavy atom. The van der Waals surface area contributed by atoms with Crippen molar-refractivity contribution >= 4 is 21.6 Å². The van der Waals surface area contributed by atoms with Gasteiger partial charge in [0.25, 0.3) is 0 Å². The number of anilines is 1. The number of rotatable bonds is 2. The van der Waals surface area contributed by atoms with E-state index in [2.05, 4.69) is 26.2 Å². The summed E-state index contributed by atoms with van der Waals surface area (Å²) in [6.07, 6.45) is 3.63. The molecule has 2 rings (SSSR count). The van der Waals surface area contributed by atoms with Crippen LogP contribution in [0, 0.1) is 6.92 Å². The molecule has 0 aromatic carbocycles. The highest BCUT2D eigenvalue weighted by atomic mass is 79.9. The van der Waals surface area contributed by atoms with Gasteiger partial charge in [-0.1, -0.05) is 0 Å². The molecule has 0 aliphatic heterocycles. The Labute approximate surface area is 116 Å². The SMILES string of the molecule is Cc1nccc(NC2CC[C@@H](O)[C@@H](O)CC2)c1Br. The smallest absolute Gasteiger partial charge is 0.0799 e. The topological polar surface area (TPSA) is 65.4 Å². The van der Waals surface area contributed by atoms with Crippen molar-refractivity contribution in [3.05, 3.63) is 22.4 Å². The zero-order valence-electron chi connectivity index (χ0n) is 10.4. The van der Waals surface area contributed by atoms with Crippen molar-refractivity contribution < 1.29 is 10.2 Å². The van der Waals surface area contributed by atoms with Gasteiger partial charge in [0.15, 0.2) is 0 Å². The summed E-state index contributed by atoms with van der Waals surface area (Å²) in [6, 6.07) is 2.23. The molecule has 1 saturated carbocycles. The monoisotopic (exact) mass is 314 g/mol. The van der Waals surface area contributed by atoms with E-state index in [-0.39, 0.29) is 6.04 Å². The van der Waals surface area contributed by atoms with Crippen molar-refractivity contribution in [1.82, 2.24) is 4.98 Å². The van der Waals surface area contributed by atoms with Crippen LogP contribution in [0.3, 0.4) is 0 Å². The molecule has 1 heterocycles. The van der Waals surface area contributed by atoms with Crippen molar-refractivity contribution in [2.24, 2.45) is 0 Å². The van der Waals surface area contributed by atoms with Crippen molar-refractivity contribution in [3.8, 4) is 0 Å². The van der Waals surface area contributed by atoms with Crippen LogP contribution in [0.5, 0.6) is 0 Å². The molecule has 0 spiro atoms. The summed E-state index contributed by atoms with van der Waals surface area (Å²) in [6.45, 7) is 1.95. The Bertz CT molecular complexity index is 402. The first-order valence-corrected chi connectivity index (χ1v) is 7.11. The van der Waals surface area contributed by atoms with E-state index in [9.17, 15) is 10.2 Å². The number of aryl methyl sites for hydroxylation is 1. The molecular formula is C13H19BrN2O2. The second-order valence-corrected chi connectivity index (χ2v) is 5.68. The molecule has 0 saturated heterocycles. The minimum Gasteiger partial charge on any atom is -0.390 e. The number of aromatic nitrogens is 1. The molecule has 1 unspecified atom stereocenters. The van der Waals surface area contributed by atoms with Gasteiger partial charge in [-0.15, -0.1) is 0 Å². The van der Waals surface area contributed by atoms with Crippen LogP contribution in [0.4, 0.5) is 5.69 Å². The van der Waals surface area contributed by atoms with Gasteiger partial charge in [-0.2, -0.15) is 0 Å². The third kappa shape index (κ3) is 3.22. The van der Waals surface area contributed by atoms with E-state index in [1.165, 1.54) is 0 Å². The lowest BCUT2D eigenvalue weighted by molar-refractivity contribution is 0.0157. The molecule has 1 aromatic heterocycles. The maximum atomic E-state index is 9.64. The molecule has 3 N–H and O–H groups in total. The first kappa shape index (κ1) is 13.8. The van der Waals surface area contributed by atoms with Crippen LogP contribution in [0.25, 0.3) is 0 Å². The van der Waals surface area contributed by atoms with E-state index in [0.29, 0.717) is 12.8 Å². The predicted octanol–water partition coefficient (Wildman–Crippen LogP) is 2.23. The highest BCUT2D eigenvalue weighted by Gasteiger charge is 2.24. The van der Waals surface area contributed by atoms with Gasteiger partial charge in [0.05, 0.1) is 28.1 Å². The number of nitrogens with one attached hydrogen (secondary N) is 1. The number of nitrogens with zero attached hydrogens (tertiary/aromatic N) is 1. The number of hydrogen-bond acceptors (Lipinski definition) is 4. The van der Waals surface area contributed by atoms with Crippen molar-refractivity contribution in [1.29, 1.82) is 0 Å². The fourth-order valence-corrected chi connectivity index (χ4v) is 2.65. The lowest BCUT2D eigenvalue weighted by Gasteiger charge is -2.19. The van der Waals surface area contributed by atoms with Crippen LogP contribution in [0.1, 0.15) is 31.4 Å². The normalized spacial score (nSPS) is 28.8. The number of halogens is 1. The zero-order chi connectivity index (χ0) is 13.1. The molecule has 100 valence electrons. The van der Waals surface area contributed by atoms with Crippen LogP contribution in [0.2, 0.25) is 0 Å². The van der Waals surface area contributed by atoms with Crippen LogP contribution in [-0.4, -0.2) is 33.4 Å². The maximum absolute atomic E-state index is 9.64. The number of aliphatic hydroxyl groups is 2. The highest BCUT2D eigenvalue weighted by Crippen LogP contribution is 2.28. The third-order valence-corrected chi connectivity index (χ3v) is 4.49. The largest absolute Gasteiger partial charge is 0.390 e. The van der Waals surface area contributed by atoms with E-state index in [1.54, 1.807) is 6.20 Å². The van der Waals surface area contributed by atoms with Gasteiger partial charge >= 0.3 is 0 Å². The van der Waals surface area contributed by atoms with E-state index in [4.69, 9.17) is 0 Å². The summed E-state index contributed by atoms with van der Waals surface area (Å²) < 4.78 is 0.982. The number of pyridine rings is 1. The summed E-state index contributed by atoms with van der Waals surface area (Å²) in [7, 11) is 0. The summed E-state index contributed by atoms with van der Waals surface area (Å²) >= 11 is 3.53. The Morgan fingerprint density at radius 3 is 2.44 bits per heavy atom. The minimum absolute atomic E-state index is 0.287. The molecule has 4 nitrogen and oxygen atoms in total. The number of aliphatic hydroxyl groups excluding tert-OH is 2. The van der Waals surface area contributed by atoms with Gasteiger partial charge < -0.3 is 15.5 Å². The Morgan fingerprint density at radius 2 is 1.83 bits per heavy atom. The molecule has 1 aliphatic carbocycles. The quantitative estimate of drug-likeness (QED) is 0.732. The first-order valence-electron chi connectivity index (χ1n) is 6.31. The van der Waals surface area contributed by atoms with E-state index < -0.39 is 12.2 Å². The van der Waals surface area contributed by atoms with E-state index in [0.717, 1.165) is 28.7 Å². The van der Waals surface area contributed by atoms with Crippen LogP contribution >= 0.6 is 15.9 Å². The maximum Gasteiger partial charge on any atom is 0.0799 e. The highest BCUT2D eigenvalue weighted by molar-refractivity contribution is 9.10. The van der Waals surface area contributed by atoms with Gasteiger partial charge in [0, 0.05) is 12.2 Å². The van der Waals surface area contributed by atoms with Crippen molar-refractivity contribution in [2.75, 3.05) is 5.32 Å². The number of hydrogen-bond donors (Lipinski definition) is 3. The molecule has 3 atom stereocenters.